The van der Waals surface area contributed by atoms with Crippen molar-refractivity contribution >= 4 is 40.3 Å². The standard InChI is InChI=1S/C26H21ClN2O7/c1-33-11-12-34-24-15-22-18(14-19(24)25(30)31)23(9-10-28-22)35-17-7-8-21(20(27)13-17)29-26(32)36-16-5-3-2-4-6-16/h2-10,13-15H,11-12H2,1H3,(H,29,32)(H,30,31). The molecule has 0 unspecified atom stereocenters. The summed E-state index contributed by atoms with van der Waals surface area (Å²) in [5.74, 6) is 0.152. The van der Waals surface area contributed by atoms with Gasteiger partial charge in [0.15, 0.2) is 0 Å². The van der Waals surface area contributed by atoms with Gasteiger partial charge in [-0.2, -0.15) is 0 Å². The van der Waals surface area contributed by atoms with Crippen LogP contribution in [-0.2, 0) is 4.74 Å². The Morgan fingerprint density at radius 1 is 0.972 bits per heavy atom. The van der Waals surface area contributed by atoms with Crippen molar-refractivity contribution in [1.82, 2.24) is 4.98 Å². The number of halogens is 1. The lowest BCUT2D eigenvalue weighted by Crippen LogP contribution is -2.16. The minimum atomic E-state index is -1.15. The smallest absolute Gasteiger partial charge is 0.417 e. The van der Waals surface area contributed by atoms with Crippen molar-refractivity contribution in [2.24, 2.45) is 0 Å². The average molecular weight is 509 g/mol. The monoisotopic (exact) mass is 508 g/mol. The van der Waals surface area contributed by atoms with Crippen molar-refractivity contribution in [3.63, 3.8) is 0 Å². The summed E-state index contributed by atoms with van der Waals surface area (Å²) in [5.41, 5.74) is 0.777. The molecule has 0 fully saturated rings. The number of ether oxygens (including phenoxy) is 4. The second-order valence-electron chi connectivity index (χ2n) is 7.39. The van der Waals surface area contributed by atoms with E-state index in [0.717, 1.165) is 0 Å². The molecule has 4 aromatic rings. The lowest BCUT2D eigenvalue weighted by molar-refractivity contribution is 0.0690. The number of anilines is 1. The van der Waals surface area contributed by atoms with E-state index in [4.69, 9.17) is 30.5 Å². The number of pyridine rings is 1. The molecule has 0 bridgehead atoms. The molecule has 0 saturated heterocycles. The zero-order chi connectivity index (χ0) is 25.5. The molecule has 3 aromatic carbocycles. The maximum atomic E-state index is 12.2. The van der Waals surface area contributed by atoms with E-state index in [0.29, 0.717) is 40.4 Å². The normalized spacial score (nSPS) is 10.6. The van der Waals surface area contributed by atoms with Crippen LogP contribution in [0.5, 0.6) is 23.0 Å². The highest BCUT2D eigenvalue weighted by atomic mass is 35.5. The summed E-state index contributed by atoms with van der Waals surface area (Å²) in [6.07, 6.45) is 0.843. The minimum Gasteiger partial charge on any atom is -0.490 e. The molecule has 1 heterocycles. The Bertz CT molecular complexity index is 1400. The summed E-state index contributed by atoms with van der Waals surface area (Å²) in [5, 5.41) is 12.9. The second-order valence-corrected chi connectivity index (χ2v) is 7.80. The van der Waals surface area contributed by atoms with Gasteiger partial charge in [-0.3, -0.25) is 10.3 Å². The molecular weight excluding hydrogens is 488 g/mol. The van der Waals surface area contributed by atoms with Crippen molar-refractivity contribution < 1.29 is 33.6 Å². The first-order valence-electron chi connectivity index (χ1n) is 10.7. The molecule has 0 aliphatic carbocycles. The Morgan fingerprint density at radius 2 is 1.78 bits per heavy atom. The Kier molecular flexibility index (Phi) is 7.84. The van der Waals surface area contributed by atoms with Gasteiger partial charge in [-0.25, -0.2) is 9.59 Å². The summed E-state index contributed by atoms with van der Waals surface area (Å²) in [6.45, 7) is 0.500. The van der Waals surface area contributed by atoms with Gasteiger partial charge in [0, 0.05) is 30.8 Å². The Hall–Kier alpha value is -4.34. The van der Waals surface area contributed by atoms with Crippen LogP contribution in [0.2, 0.25) is 5.02 Å². The lowest BCUT2D eigenvalue weighted by Gasteiger charge is -2.14. The largest absolute Gasteiger partial charge is 0.490 e. The molecule has 4 rings (SSSR count). The van der Waals surface area contributed by atoms with Crippen LogP contribution < -0.4 is 19.5 Å². The van der Waals surface area contributed by atoms with E-state index < -0.39 is 12.1 Å². The number of aromatic carboxylic acids is 1. The van der Waals surface area contributed by atoms with E-state index in [-0.39, 0.29) is 22.9 Å². The SMILES string of the molecule is COCCOc1cc2nccc(Oc3ccc(NC(=O)Oc4ccccc4)c(Cl)c3)c2cc1C(=O)O. The highest BCUT2D eigenvalue weighted by Gasteiger charge is 2.17. The number of nitrogens with zero attached hydrogens (tertiary/aromatic N) is 1. The molecule has 0 spiro atoms. The van der Waals surface area contributed by atoms with E-state index in [1.807, 2.05) is 6.07 Å². The van der Waals surface area contributed by atoms with Crippen LogP contribution in [0.3, 0.4) is 0 Å². The fourth-order valence-electron chi connectivity index (χ4n) is 3.28. The summed E-state index contributed by atoms with van der Waals surface area (Å²) >= 11 is 6.34. The first-order valence-corrected chi connectivity index (χ1v) is 11.1. The van der Waals surface area contributed by atoms with Gasteiger partial charge in [0.1, 0.15) is 35.2 Å². The molecule has 0 radical (unpaired) electrons. The number of para-hydroxylation sites is 1. The van der Waals surface area contributed by atoms with E-state index in [9.17, 15) is 14.7 Å². The number of carbonyl (C=O) groups excluding carboxylic acids is 1. The number of carboxylic acid groups (broad SMARTS) is 1. The third-order valence-electron chi connectivity index (χ3n) is 4.94. The van der Waals surface area contributed by atoms with E-state index in [1.54, 1.807) is 48.5 Å². The second kappa shape index (κ2) is 11.4. The fourth-order valence-corrected chi connectivity index (χ4v) is 3.50. The van der Waals surface area contributed by atoms with Gasteiger partial charge in [0.2, 0.25) is 0 Å². The molecule has 1 aromatic heterocycles. The Labute approximate surface area is 211 Å². The van der Waals surface area contributed by atoms with Gasteiger partial charge in [0.05, 0.1) is 22.8 Å². The van der Waals surface area contributed by atoms with E-state index in [2.05, 4.69) is 10.3 Å². The third kappa shape index (κ3) is 6.01. The summed E-state index contributed by atoms with van der Waals surface area (Å²) in [4.78, 5) is 28.3. The number of carbonyl (C=O) groups is 2. The predicted molar refractivity (Wildman–Crippen MR) is 134 cm³/mol. The maximum absolute atomic E-state index is 12.2. The molecule has 0 aliphatic heterocycles. The quantitative estimate of drug-likeness (QED) is 0.264. The van der Waals surface area contributed by atoms with Crippen molar-refractivity contribution in [1.29, 1.82) is 0 Å². The van der Waals surface area contributed by atoms with Crippen LogP contribution in [-0.4, -0.2) is 42.5 Å². The molecule has 9 nitrogen and oxygen atoms in total. The molecular formula is C26H21ClN2O7. The number of aromatic nitrogens is 1. The molecule has 0 aliphatic rings. The topological polar surface area (TPSA) is 116 Å². The number of fused-ring (bicyclic) bond motifs is 1. The summed E-state index contributed by atoms with van der Waals surface area (Å²) in [6, 6.07) is 17.9. The highest BCUT2D eigenvalue weighted by molar-refractivity contribution is 6.33. The van der Waals surface area contributed by atoms with Gasteiger partial charge < -0.3 is 24.1 Å². The first kappa shape index (κ1) is 24.8. The van der Waals surface area contributed by atoms with Crippen LogP contribution in [0.25, 0.3) is 10.9 Å². The zero-order valence-electron chi connectivity index (χ0n) is 19.1. The van der Waals surface area contributed by atoms with Crippen molar-refractivity contribution in [3.8, 4) is 23.0 Å². The summed E-state index contributed by atoms with van der Waals surface area (Å²) in [7, 11) is 1.53. The molecule has 2 N–H and O–H groups in total. The van der Waals surface area contributed by atoms with Gasteiger partial charge in [-0.1, -0.05) is 29.8 Å². The van der Waals surface area contributed by atoms with Gasteiger partial charge in [0.25, 0.3) is 0 Å². The van der Waals surface area contributed by atoms with Crippen LogP contribution in [0, 0.1) is 0 Å². The van der Waals surface area contributed by atoms with Crippen LogP contribution in [0.1, 0.15) is 10.4 Å². The predicted octanol–water partition coefficient (Wildman–Crippen LogP) is 6.01. The molecule has 0 saturated carbocycles. The third-order valence-corrected chi connectivity index (χ3v) is 5.25. The van der Waals surface area contributed by atoms with Gasteiger partial charge in [-0.15, -0.1) is 0 Å². The Morgan fingerprint density at radius 3 is 2.50 bits per heavy atom. The number of methoxy groups -OCH3 is 1. The molecule has 10 heteroatoms. The number of amides is 1. The number of rotatable bonds is 9. The maximum Gasteiger partial charge on any atom is 0.417 e. The van der Waals surface area contributed by atoms with Crippen molar-refractivity contribution in [3.05, 3.63) is 83.5 Å². The highest BCUT2D eigenvalue weighted by Crippen LogP contribution is 2.35. The Balaban J connectivity index is 1.54. The summed E-state index contributed by atoms with van der Waals surface area (Å²) < 4.78 is 21.7. The average Bonchev–Trinajstić information content (AvgIpc) is 2.86. The lowest BCUT2D eigenvalue weighted by atomic mass is 10.1. The first-order chi connectivity index (χ1) is 17.4. The number of benzene rings is 3. The van der Waals surface area contributed by atoms with Crippen molar-refractivity contribution in [2.75, 3.05) is 25.6 Å². The zero-order valence-corrected chi connectivity index (χ0v) is 19.8. The number of nitrogens with one attached hydrogen (secondary N) is 1. The number of hydrogen-bond donors (Lipinski definition) is 2. The molecule has 36 heavy (non-hydrogen) atoms. The van der Waals surface area contributed by atoms with Crippen LogP contribution >= 0.6 is 11.6 Å². The van der Waals surface area contributed by atoms with Crippen LogP contribution in [0.4, 0.5) is 10.5 Å². The van der Waals surface area contributed by atoms with Gasteiger partial charge >= 0.3 is 12.1 Å². The molecule has 184 valence electrons. The molecule has 0 atom stereocenters. The van der Waals surface area contributed by atoms with E-state index >= 15 is 0 Å². The number of hydrogen-bond acceptors (Lipinski definition) is 7. The van der Waals surface area contributed by atoms with Gasteiger partial charge in [-0.05, 0) is 36.4 Å². The molecule has 1 amide bonds. The van der Waals surface area contributed by atoms with Crippen LogP contribution in [0.15, 0.2) is 72.9 Å². The fraction of sp³-hybridized carbons (Fsp3) is 0.115. The minimum absolute atomic E-state index is 0.0361. The number of carboxylic acids is 1. The van der Waals surface area contributed by atoms with E-state index in [1.165, 1.54) is 25.4 Å². The van der Waals surface area contributed by atoms with Crippen molar-refractivity contribution in [2.45, 2.75) is 0 Å².